The number of methoxy groups -OCH3 is 1. The Morgan fingerprint density at radius 3 is 2.37 bits per heavy atom. The molecule has 7 heteroatoms. The van der Waals surface area contributed by atoms with Crippen LogP contribution < -0.4 is 4.74 Å². The number of hydrogen-bond acceptors (Lipinski definition) is 3. The molecular weight excluding hydrogens is 450 g/mol. The second kappa shape index (κ2) is 10.7. The predicted octanol–water partition coefficient (Wildman–Crippen LogP) is 6.39. The van der Waals surface area contributed by atoms with Crippen LogP contribution in [0.25, 0.3) is 10.9 Å². The Morgan fingerprint density at radius 2 is 1.69 bits per heavy atom. The van der Waals surface area contributed by atoms with Crippen molar-refractivity contribution in [2.45, 2.75) is 32.9 Å². The van der Waals surface area contributed by atoms with Crippen molar-refractivity contribution in [1.29, 1.82) is 0 Å². The Morgan fingerprint density at radius 1 is 0.943 bits per heavy atom. The predicted molar refractivity (Wildman–Crippen MR) is 131 cm³/mol. The zero-order valence-electron chi connectivity index (χ0n) is 20.0. The summed E-state index contributed by atoms with van der Waals surface area (Å²) in [5, 5.41) is 0.770. The van der Waals surface area contributed by atoms with Gasteiger partial charge in [-0.2, -0.15) is 0 Å². The molecule has 0 saturated carbocycles. The number of nitrogens with one attached hydrogen (secondary N) is 1. The van der Waals surface area contributed by atoms with Crippen LogP contribution in [0.5, 0.6) is 5.75 Å². The van der Waals surface area contributed by atoms with E-state index in [1.54, 1.807) is 18.1 Å². The molecule has 5 nitrogen and oxygen atoms in total. The Bertz CT molecular complexity index is 1320. The highest BCUT2D eigenvalue weighted by Gasteiger charge is 2.26. The van der Waals surface area contributed by atoms with Gasteiger partial charge >= 0.3 is 0 Å². The number of fused-ring (bicyclic) bond motifs is 1. The molecular formula is C28H28F2N2O3. The largest absolute Gasteiger partial charge is 0.467 e. The molecule has 4 rings (SSSR count). The first-order chi connectivity index (χ1) is 16.9. The number of hydrogen-bond donors (Lipinski definition) is 1. The van der Waals surface area contributed by atoms with Gasteiger partial charge in [0.05, 0.1) is 11.1 Å². The third-order valence-electron chi connectivity index (χ3n) is 5.79. The fraction of sp³-hybridized carbons (Fsp3) is 0.250. The smallest absolute Gasteiger partial charge is 0.256 e. The van der Waals surface area contributed by atoms with Crippen molar-refractivity contribution in [3.05, 3.63) is 101 Å². The van der Waals surface area contributed by atoms with Gasteiger partial charge < -0.3 is 19.4 Å². The minimum absolute atomic E-state index is 0.0477. The molecule has 0 aliphatic carbocycles. The molecule has 1 aromatic heterocycles. The van der Waals surface area contributed by atoms with E-state index >= 15 is 0 Å². The lowest BCUT2D eigenvalue weighted by Crippen LogP contribution is -2.31. The molecule has 3 aromatic carbocycles. The normalized spacial score (nSPS) is 11.3. The van der Waals surface area contributed by atoms with E-state index in [0.29, 0.717) is 23.4 Å². The highest BCUT2D eigenvalue weighted by Crippen LogP contribution is 2.32. The van der Waals surface area contributed by atoms with Crippen molar-refractivity contribution in [3.8, 4) is 5.75 Å². The summed E-state index contributed by atoms with van der Waals surface area (Å²) in [4.78, 5) is 19.1. The first-order valence-corrected chi connectivity index (χ1v) is 11.4. The van der Waals surface area contributed by atoms with Gasteiger partial charge in [-0.05, 0) is 41.3 Å². The van der Waals surface area contributed by atoms with Crippen molar-refractivity contribution in [3.63, 3.8) is 0 Å². The fourth-order valence-corrected chi connectivity index (χ4v) is 4.10. The Hall–Kier alpha value is -3.71. The van der Waals surface area contributed by atoms with Gasteiger partial charge in [0, 0.05) is 37.3 Å². The fourth-order valence-electron chi connectivity index (χ4n) is 4.10. The van der Waals surface area contributed by atoms with Crippen LogP contribution in [0.15, 0.2) is 66.7 Å². The lowest BCUT2D eigenvalue weighted by molar-refractivity contribution is 0.0512. The lowest BCUT2D eigenvalue weighted by atomic mass is 10.0. The molecule has 1 heterocycles. The van der Waals surface area contributed by atoms with Crippen LogP contribution in [-0.4, -0.2) is 29.7 Å². The van der Waals surface area contributed by atoms with Gasteiger partial charge in [0.1, 0.15) is 5.75 Å². The molecule has 1 amide bonds. The molecule has 35 heavy (non-hydrogen) atoms. The molecule has 0 saturated heterocycles. The number of benzene rings is 3. The molecule has 0 radical (unpaired) electrons. The third kappa shape index (κ3) is 5.52. The van der Waals surface area contributed by atoms with E-state index in [9.17, 15) is 13.6 Å². The molecule has 0 spiro atoms. The van der Waals surface area contributed by atoms with E-state index in [2.05, 4.69) is 4.98 Å². The van der Waals surface area contributed by atoms with Gasteiger partial charge in [0.15, 0.2) is 18.4 Å². The second-order valence-corrected chi connectivity index (χ2v) is 8.72. The van der Waals surface area contributed by atoms with Gasteiger partial charge in [-0.3, -0.25) is 4.79 Å². The highest BCUT2D eigenvalue weighted by atomic mass is 19.2. The second-order valence-electron chi connectivity index (χ2n) is 8.72. The minimum Gasteiger partial charge on any atom is -0.467 e. The summed E-state index contributed by atoms with van der Waals surface area (Å²) in [5.74, 6) is -1.38. The standard InChI is InChI=1S/C28H28F2N2O3/c1-18(2)27-26(22-11-10-21(35-17-34-3)14-25(22)31-27)28(33)32(15-19-7-5-4-6-8-19)16-20-9-12-23(29)24(30)13-20/h4-14,18,31H,15-17H2,1-3H3. The van der Waals surface area contributed by atoms with E-state index < -0.39 is 11.6 Å². The number of carbonyl (C=O) groups is 1. The van der Waals surface area contributed by atoms with Crippen molar-refractivity contribution in [2.24, 2.45) is 0 Å². The average molecular weight is 479 g/mol. The van der Waals surface area contributed by atoms with Gasteiger partial charge in [-0.15, -0.1) is 0 Å². The zero-order valence-corrected chi connectivity index (χ0v) is 20.0. The first kappa shape index (κ1) is 24.4. The van der Waals surface area contributed by atoms with Crippen LogP contribution in [0.3, 0.4) is 0 Å². The molecule has 0 unspecified atom stereocenters. The van der Waals surface area contributed by atoms with Crippen molar-refractivity contribution in [2.75, 3.05) is 13.9 Å². The number of ether oxygens (including phenoxy) is 2. The van der Waals surface area contributed by atoms with Crippen LogP contribution in [-0.2, 0) is 17.8 Å². The Labute approximate surface area is 203 Å². The van der Waals surface area contributed by atoms with E-state index in [1.807, 2.05) is 56.3 Å². The number of nitrogens with zero attached hydrogens (tertiary/aromatic N) is 1. The van der Waals surface area contributed by atoms with Gasteiger partial charge in [0.2, 0.25) is 0 Å². The van der Waals surface area contributed by atoms with E-state index in [4.69, 9.17) is 9.47 Å². The summed E-state index contributed by atoms with van der Waals surface area (Å²) in [7, 11) is 1.55. The maximum atomic E-state index is 14.0. The van der Waals surface area contributed by atoms with Crippen LogP contribution in [0, 0.1) is 11.6 Å². The molecule has 1 N–H and O–H groups in total. The van der Waals surface area contributed by atoms with Gasteiger partial charge in [-0.25, -0.2) is 8.78 Å². The van der Waals surface area contributed by atoms with Crippen LogP contribution in [0.4, 0.5) is 8.78 Å². The summed E-state index contributed by atoms with van der Waals surface area (Å²) >= 11 is 0. The maximum absolute atomic E-state index is 14.0. The maximum Gasteiger partial charge on any atom is 0.256 e. The summed E-state index contributed by atoms with van der Waals surface area (Å²) in [6, 6.07) is 18.8. The zero-order chi connectivity index (χ0) is 24.9. The summed E-state index contributed by atoms with van der Waals surface area (Å²) < 4.78 is 38.0. The summed E-state index contributed by atoms with van der Waals surface area (Å²) in [6.45, 7) is 4.59. The molecule has 0 fully saturated rings. The van der Waals surface area contributed by atoms with Gasteiger partial charge in [-0.1, -0.05) is 50.2 Å². The minimum atomic E-state index is -0.937. The molecule has 0 aliphatic rings. The summed E-state index contributed by atoms with van der Waals surface area (Å²) in [5.41, 5.74) is 3.58. The van der Waals surface area contributed by atoms with Crippen molar-refractivity contribution < 1.29 is 23.0 Å². The Kier molecular flexibility index (Phi) is 7.46. The number of aromatic amines is 1. The lowest BCUT2D eigenvalue weighted by Gasteiger charge is -2.24. The first-order valence-electron chi connectivity index (χ1n) is 11.4. The highest BCUT2D eigenvalue weighted by molar-refractivity contribution is 6.08. The van der Waals surface area contributed by atoms with Crippen LogP contribution in [0.1, 0.15) is 46.9 Å². The summed E-state index contributed by atoms with van der Waals surface area (Å²) in [6.07, 6.45) is 0. The Balaban J connectivity index is 1.76. The topological polar surface area (TPSA) is 54.6 Å². The van der Waals surface area contributed by atoms with Crippen molar-refractivity contribution in [1.82, 2.24) is 9.88 Å². The molecule has 0 bridgehead atoms. The van der Waals surface area contributed by atoms with E-state index in [1.165, 1.54) is 6.07 Å². The number of halogens is 2. The third-order valence-corrected chi connectivity index (χ3v) is 5.79. The molecule has 0 atom stereocenters. The molecule has 0 aliphatic heterocycles. The van der Waals surface area contributed by atoms with E-state index in [-0.39, 0.29) is 25.2 Å². The van der Waals surface area contributed by atoms with Crippen molar-refractivity contribution >= 4 is 16.8 Å². The number of aromatic nitrogens is 1. The number of amides is 1. The number of H-pyrrole nitrogens is 1. The molecule has 4 aromatic rings. The quantitative estimate of drug-likeness (QED) is 0.284. The number of rotatable bonds is 9. The van der Waals surface area contributed by atoms with Crippen LogP contribution >= 0.6 is 0 Å². The van der Waals surface area contributed by atoms with Gasteiger partial charge in [0.25, 0.3) is 5.91 Å². The van der Waals surface area contributed by atoms with Crippen LogP contribution in [0.2, 0.25) is 0 Å². The average Bonchev–Trinajstić information content (AvgIpc) is 3.24. The SMILES string of the molecule is COCOc1ccc2c(C(=O)N(Cc3ccccc3)Cc3ccc(F)c(F)c3)c(C(C)C)[nH]c2c1. The number of carbonyl (C=O) groups excluding carboxylic acids is 1. The molecule has 182 valence electrons. The monoisotopic (exact) mass is 478 g/mol. The van der Waals surface area contributed by atoms with E-state index in [0.717, 1.165) is 34.3 Å².